The first-order valence-electron chi connectivity index (χ1n) is 28.7. The third-order valence-corrected chi connectivity index (χ3v) is 13.7. The van der Waals surface area contributed by atoms with E-state index in [9.17, 15) is 9.59 Å². The molecule has 0 atom stereocenters. The Bertz CT molecular complexity index is 825. The smallest absolute Gasteiger partial charge is 0.222 e. The molecule has 0 radical (unpaired) electrons. The molecular weight excluding hydrogens is 759 g/mol. The van der Waals surface area contributed by atoms with Crippen LogP contribution < -0.4 is 0 Å². The molecule has 0 unspecified atom stereocenters. The first-order chi connectivity index (χ1) is 30.5. The summed E-state index contributed by atoms with van der Waals surface area (Å²) in [5, 5.41) is 0. The number of unbranched alkanes of at least 4 members (excludes halogenated alkanes) is 36. The molecular formula is C57H115N3O2. The Morgan fingerprint density at radius 1 is 0.242 bits per heavy atom. The molecule has 0 bridgehead atoms. The van der Waals surface area contributed by atoms with Crippen molar-refractivity contribution >= 4 is 11.8 Å². The highest BCUT2D eigenvalue weighted by atomic mass is 16.2. The van der Waals surface area contributed by atoms with Crippen LogP contribution in [0.3, 0.4) is 0 Å². The molecule has 0 aliphatic carbocycles. The van der Waals surface area contributed by atoms with Gasteiger partial charge in [-0.05, 0) is 71.5 Å². The zero-order valence-corrected chi connectivity index (χ0v) is 43.5. The second-order valence-electron chi connectivity index (χ2n) is 20.0. The fourth-order valence-corrected chi connectivity index (χ4v) is 9.27. The molecule has 370 valence electrons. The van der Waals surface area contributed by atoms with E-state index in [-0.39, 0.29) is 0 Å². The molecule has 5 heteroatoms. The van der Waals surface area contributed by atoms with E-state index in [0.29, 0.717) is 11.8 Å². The molecule has 5 nitrogen and oxygen atoms in total. The molecule has 0 aliphatic heterocycles. The summed E-state index contributed by atoms with van der Waals surface area (Å²) in [6, 6.07) is 0. The van der Waals surface area contributed by atoms with Crippen LogP contribution in [0.4, 0.5) is 0 Å². The molecule has 2 amide bonds. The zero-order chi connectivity index (χ0) is 45.2. The molecule has 0 rings (SSSR count). The Labute approximate surface area is 391 Å². The lowest BCUT2D eigenvalue weighted by molar-refractivity contribution is -0.132. The number of carbonyl (C=O) groups is 2. The maximum atomic E-state index is 13.2. The molecule has 0 fully saturated rings. The van der Waals surface area contributed by atoms with Gasteiger partial charge in [0.25, 0.3) is 0 Å². The number of nitrogens with zero attached hydrogens (tertiary/aromatic N) is 3. The van der Waals surface area contributed by atoms with Crippen LogP contribution in [-0.2, 0) is 9.59 Å². The highest BCUT2D eigenvalue weighted by Gasteiger charge is 2.14. The first kappa shape index (κ1) is 60.9. The van der Waals surface area contributed by atoms with Crippen LogP contribution in [0.2, 0.25) is 0 Å². The fourth-order valence-electron chi connectivity index (χ4n) is 9.27. The molecule has 0 aliphatic rings. The van der Waals surface area contributed by atoms with Crippen molar-refractivity contribution in [1.82, 2.24) is 14.7 Å². The van der Waals surface area contributed by atoms with Crippen LogP contribution >= 0.6 is 0 Å². The second-order valence-corrected chi connectivity index (χ2v) is 20.0. The third kappa shape index (κ3) is 44.1. The van der Waals surface area contributed by atoms with Gasteiger partial charge in [0.2, 0.25) is 11.8 Å². The zero-order valence-electron chi connectivity index (χ0n) is 43.5. The van der Waals surface area contributed by atoms with Gasteiger partial charge < -0.3 is 14.7 Å². The van der Waals surface area contributed by atoms with Gasteiger partial charge in [-0.25, -0.2) is 0 Å². The SMILES string of the molecule is CCCCCCCCCCCCCCCC(=O)N(CCCCCC)CCCCCCN(C)CCCCCCN(CCCCCC)C(=O)CCCCCCCCCCCCCCC. The summed E-state index contributed by atoms with van der Waals surface area (Å²) < 4.78 is 0. The van der Waals surface area contributed by atoms with Crippen LogP contribution in [0.5, 0.6) is 0 Å². The minimum Gasteiger partial charge on any atom is -0.343 e. The van der Waals surface area contributed by atoms with Crippen LogP contribution in [0.25, 0.3) is 0 Å². The summed E-state index contributed by atoms with van der Waals surface area (Å²) in [5.74, 6) is 0.834. The van der Waals surface area contributed by atoms with E-state index in [4.69, 9.17) is 0 Å². The number of carbonyl (C=O) groups excluding carboxylic acids is 2. The number of rotatable bonds is 52. The van der Waals surface area contributed by atoms with E-state index in [1.165, 1.54) is 244 Å². The normalized spacial score (nSPS) is 11.6. The van der Waals surface area contributed by atoms with Gasteiger partial charge in [-0.15, -0.1) is 0 Å². The van der Waals surface area contributed by atoms with Crippen LogP contribution in [-0.4, -0.2) is 72.8 Å². The lowest BCUT2D eigenvalue weighted by atomic mass is 10.0. The quantitative estimate of drug-likeness (QED) is 0.0572. The van der Waals surface area contributed by atoms with Crippen molar-refractivity contribution in [1.29, 1.82) is 0 Å². The van der Waals surface area contributed by atoms with Crippen LogP contribution in [0.1, 0.15) is 310 Å². The van der Waals surface area contributed by atoms with E-state index in [1.807, 2.05) is 0 Å². The molecule has 0 aromatic heterocycles. The Kier molecular flexibility index (Phi) is 50.0. The van der Waals surface area contributed by atoms with Gasteiger partial charge in [0.1, 0.15) is 0 Å². The lowest BCUT2D eigenvalue weighted by Gasteiger charge is -2.23. The summed E-state index contributed by atoms with van der Waals surface area (Å²) in [7, 11) is 2.29. The van der Waals surface area contributed by atoms with Crippen molar-refractivity contribution in [2.24, 2.45) is 0 Å². The molecule has 0 aromatic carbocycles. The van der Waals surface area contributed by atoms with Crippen molar-refractivity contribution in [2.75, 3.05) is 46.3 Å². The average Bonchev–Trinajstić information content (AvgIpc) is 3.27. The fraction of sp³-hybridized carbons (Fsp3) is 0.965. The van der Waals surface area contributed by atoms with Gasteiger partial charge in [-0.2, -0.15) is 0 Å². The topological polar surface area (TPSA) is 43.9 Å². The molecule has 0 heterocycles. The second kappa shape index (κ2) is 50.9. The number of amides is 2. The maximum absolute atomic E-state index is 13.2. The Morgan fingerprint density at radius 3 is 0.661 bits per heavy atom. The predicted molar refractivity (Wildman–Crippen MR) is 277 cm³/mol. The van der Waals surface area contributed by atoms with E-state index in [0.717, 1.165) is 77.5 Å². The van der Waals surface area contributed by atoms with Gasteiger partial charge in [0.15, 0.2) is 0 Å². The Morgan fingerprint density at radius 2 is 0.419 bits per heavy atom. The predicted octanol–water partition coefficient (Wildman–Crippen LogP) is 17.8. The molecule has 62 heavy (non-hydrogen) atoms. The molecule has 0 aromatic rings. The summed E-state index contributed by atoms with van der Waals surface area (Å²) in [5.41, 5.74) is 0. The van der Waals surface area contributed by atoms with Crippen molar-refractivity contribution in [3.63, 3.8) is 0 Å². The van der Waals surface area contributed by atoms with E-state index < -0.39 is 0 Å². The van der Waals surface area contributed by atoms with E-state index in [2.05, 4.69) is 49.4 Å². The summed E-state index contributed by atoms with van der Waals surface area (Å²) in [6.07, 6.45) is 56.4. The first-order valence-corrected chi connectivity index (χ1v) is 28.7. The highest BCUT2D eigenvalue weighted by molar-refractivity contribution is 5.76. The Hall–Kier alpha value is -1.10. The number of hydrogen-bond acceptors (Lipinski definition) is 3. The van der Waals surface area contributed by atoms with Crippen LogP contribution in [0.15, 0.2) is 0 Å². The van der Waals surface area contributed by atoms with Gasteiger partial charge in [-0.3, -0.25) is 9.59 Å². The van der Waals surface area contributed by atoms with Crippen molar-refractivity contribution < 1.29 is 9.59 Å². The number of hydrogen-bond donors (Lipinski definition) is 0. The average molecular weight is 875 g/mol. The van der Waals surface area contributed by atoms with E-state index >= 15 is 0 Å². The van der Waals surface area contributed by atoms with Crippen molar-refractivity contribution in [3.05, 3.63) is 0 Å². The van der Waals surface area contributed by atoms with Crippen molar-refractivity contribution in [3.8, 4) is 0 Å². The minimum atomic E-state index is 0.417. The summed E-state index contributed by atoms with van der Waals surface area (Å²) in [6.45, 7) is 15.3. The van der Waals surface area contributed by atoms with Crippen LogP contribution in [0, 0.1) is 0 Å². The third-order valence-electron chi connectivity index (χ3n) is 13.7. The molecule has 0 saturated carbocycles. The standard InChI is InChI=1S/C57H115N3O2/c1-6-10-14-18-20-22-24-26-28-30-32-34-40-48-56(61)59(52-44-16-12-8-3)54-46-38-36-42-50-58(5)51-43-37-39-47-55-60(53-45-17-13-9-4)57(62)49-41-35-33-31-29-27-25-23-21-19-15-11-7-2/h6-55H2,1-5H3. The molecule has 0 saturated heterocycles. The van der Waals surface area contributed by atoms with Gasteiger partial charge in [0.05, 0.1) is 0 Å². The Balaban J connectivity index is 4.14. The minimum absolute atomic E-state index is 0.417. The monoisotopic (exact) mass is 874 g/mol. The maximum Gasteiger partial charge on any atom is 0.222 e. The van der Waals surface area contributed by atoms with Gasteiger partial charge in [0, 0.05) is 39.0 Å². The molecule has 0 N–H and O–H groups in total. The summed E-state index contributed by atoms with van der Waals surface area (Å²) >= 11 is 0. The lowest BCUT2D eigenvalue weighted by Crippen LogP contribution is -2.32. The summed E-state index contributed by atoms with van der Waals surface area (Å²) in [4.78, 5) is 33.4. The highest BCUT2D eigenvalue weighted by Crippen LogP contribution is 2.17. The van der Waals surface area contributed by atoms with Crippen molar-refractivity contribution in [2.45, 2.75) is 310 Å². The largest absolute Gasteiger partial charge is 0.343 e. The van der Waals surface area contributed by atoms with E-state index in [1.54, 1.807) is 0 Å². The van der Waals surface area contributed by atoms with Gasteiger partial charge >= 0.3 is 0 Å². The van der Waals surface area contributed by atoms with Gasteiger partial charge in [-0.1, -0.05) is 246 Å². The molecule has 0 spiro atoms.